The van der Waals surface area contributed by atoms with Gasteiger partial charge in [0.05, 0.1) is 0 Å². The van der Waals surface area contributed by atoms with Gasteiger partial charge in [0.15, 0.2) is 0 Å². The highest BCUT2D eigenvalue weighted by molar-refractivity contribution is 6.23. The average Bonchev–Trinajstić information content (AvgIpc) is 3.45. The molecule has 0 bridgehead atoms. The van der Waals surface area contributed by atoms with Gasteiger partial charge in [0.2, 0.25) is 0 Å². The number of furan rings is 1. The maximum Gasteiger partial charge on any atom is 0.136 e. The van der Waals surface area contributed by atoms with E-state index in [9.17, 15) is 0 Å². The van der Waals surface area contributed by atoms with Crippen LogP contribution in [0, 0.1) is 0 Å². The van der Waals surface area contributed by atoms with Crippen LogP contribution < -0.4 is 0 Å². The van der Waals surface area contributed by atoms with E-state index in [-0.39, 0.29) is 0 Å². The second kappa shape index (κ2) is 9.44. The van der Waals surface area contributed by atoms with Gasteiger partial charge in [-0.3, -0.25) is 0 Å². The van der Waals surface area contributed by atoms with E-state index in [4.69, 9.17) is 4.42 Å². The average molecular weight is 547 g/mol. The predicted octanol–water partition coefficient (Wildman–Crippen LogP) is 12.0. The Bertz CT molecular complexity index is 2440. The molecule has 1 heterocycles. The lowest BCUT2D eigenvalue weighted by molar-refractivity contribution is 0.669. The van der Waals surface area contributed by atoms with Crippen molar-refractivity contribution in [3.63, 3.8) is 0 Å². The first-order valence-electron chi connectivity index (χ1n) is 14.8. The van der Waals surface area contributed by atoms with Crippen LogP contribution in [0.5, 0.6) is 0 Å². The van der Waals surface area contributed by atoms with Crippen molar-refractivity contribution < 1.29 is 4.42 Å². The highest BCUT2D eigenvalue weighted by Gasteiger charge is 2.18. The largest absolute Gasteiger partial charge is 0.456 e. The molecule has 0 N–H and O–H groups in total. The molecule has 0 amide bonds. The molecule has 1 heteroatoms. The van der Waals surface area contributed by atoms with Gasteiger partial charge in [0, 0.05) is 10.8 Å². The van der Waals surface area contributed by atoms with Gasteiger partial charge in [0.1, 0.15) is 11.2 Å². The molecular weight excluding hydrogens is 520 g/mol. The van der Waals surface area contributed by atoms with E-state index < -0.39 is 0 Å². The molecule has 1 nitrogen and oxygen atoms in total. The zero-order valence-electron chi connectivity index (χ0n) is 23.4. The van der Waals surface area contributed by atoms with Gasteiger partial charge < -0.3 is 4.42 Å². The highest BCUT2D eigenvalue weighted by atomic mass is 16.3. The Balaban J connectivity index is 1.32. The zero-order valence-corrected chi connectivity index (χ0v) is 23.4. The molecule has 0 radical (unpaired) electrons. The second-order valence-corrected chi connectivity index (χ2v) is 11.3. The van der Waals surface area contributed by atoms with Gasteiger partial charge in [-0.2, -0.15) is 0 Å². The summed E-state index contributed by atoms with van der Waals surface area (Å²) in [6.45, 7) is 0. The van der Waals surface area contributed by atoms with Crippen molar-refractivity contribution in [2.75, 3.05) is 0 Å². The van der Waals surface area contributed by atoms with Crippen molar-refractivity contribution in [3.05, 3.63) is 158 Å². The Labute approximate surface area is 249 Å². The summed E-state index contributed by atoms with van der Waals surface area (Å²) in [5.74, 6) is 0. The molecule has 200 valence electrons. The summed E-state index contributed by atoms with van der Waals surface area (Å²) in [4.78, 5) is 0. The van der Waals surface area contributed by atoms with E-state index in [1.807, 2.05) is 12.1 Å². The topological polar surface area (TPSA) is 13.1 Å². The molecule has 9 rings (SSSR count). The molecule has 0 saturated heterocycles. The summed E-state index contributed by atoms with van der Waals surface area (Å²) >= 11 is 0. The fourth-order valence-electron chi connectivity index (χ4n) is 6.91. The lowest BCUT2D eigenvalue weighted by Crippen LogP contribution is -1.91. The van der Waals surface area contributed by atoms with Crippen molar-refractivity contribution in [2.24, 2.45) is 0 Å². The quantitative estimate of drug-likeness (QED) is 0.201. The molecule has 0 aliphatic heterocycles. The first-order valence-corrected chi connectivity index (χ1v) is 14.8. The van der Waals surface area contributed by atoms with Crippen LogP contribution in [-0.2, 0) is 0 Å². The van der Waals surface area contributed by atoms with Gasteiger partial charge in [-0.15, -0.1) is 0 Å². The Hall–Kier alpha value is -5.66. The number of hydrogen-bond donors (Lipinski definition) is 0. The number of fused-ring (bicyclic) bond motifs is 6. The number of para-hydroxylation sites is 1. The smallest absolute Gasteiger partial charge is 0.136 e. The molecule has 0 spiro atoms. The van der Waals surface area contributed by atoms with Gasteiger partial charge >= 0.3 is 0 Å². The Morgan fingerprint density at radius 3 is 1.63 bits per heavy atom. The second-order valence-electron chi connectivity index (χ2n) is 11.3. The molecule has 0 atom stereocenters. The van der Waals surface area contributed by atoms with Crippen molar-refractivity contribution in [1.29, 1.82) is 0 Å². The summed E-state index contributed by atoms with van der Waals surface area (Å²) in [7, 11) is 0. The van der Waals surface area contributed by atoms with Crippen molar-refractivity contribution in [3.8, 4) is 33.4 Å². The van der Waals surface area contributed by atoms with Crippen LogP contribution in [0.2, 0.25) is 0 Å². The molecule has 43 heavy (non-hydrogen) atoms. The maximum absolute atomic E-state index is 6.24. The molecule has 0 unspecified atom stereocenters. The fourth-order valence-corrected chi connectivity index (χ4v) is 6.91. The highest BCUT2D eigenvalue weighted by Crippen LogP contribution is 2.45. The lowest BCUT2D eigenvalue weighted by atomic mass is 9.84. The summed E-state index contributed by atoms with van der Waals surface area (Å²) in [5, 5.41) is 9.85. The minimum absolute atomic E-state index is 0.917. The molecule has 0 saturated carbocycles. The SMILES string of the molecule is c1ccc(-c2c3ccccc3c(-c3cccc4ccc(-c5ccc6c(c5)oc5ccccc56)cc34)c3ccccc23)cc1. The Morgan fingerprint density at radius 1 is 0.302 bits per heavy atom. The van der Waals surface area contributed by atoms with Crippen LogP contribution in [0.4, 0.5) is 0 Å². The van der Waals surface area contributed by atoms with E-state index in [1.165, 1.54) is 60.1 Å². The summed E-state index contributed by atoms with van der Waals surface area (Å²) in [5.41, 5.74) is 9.22. The van der Waals surface area contributed by atoms with E-state index in [0.29, 0.717) is 0 Å². The van der Waals surface area contributed by atoms with Crippen molar-refractivity contribution in [1.82, 2.24) is 0 Å². The number of hydrogen-bond acceptors (Lipinski definition) is 1. The lowest BCUT2D eigenvalue weighted by Gasteiger charge is -2.19. The van der Waals surface area contributed by atoms with Gasteiger partial charge in [-0.05, 0) is 90.0 Å². The Morgan fingerprint density at radius 2 is 0.884 bits per heavy atom. The van der Waals surface area contributed by atoms with E-state index in [1.54, 1.807) is 0 Å². The van der Waals surface area contributed by atoms with Gasteiger partial charge in [-0.1, -0.05) is 133 Å². The molecule has 0 aliphatic carbocycles. The van der Waals surface area contributed by atoms with Crippen LogP contribution in [0.25, 0.3) is 87.6 Å². The molecule has 1 aromatic heterocycles. The van der Waals surface area contributed by atoms with Crippen LogP contribution >= 0.6 is 0 Å². The third-order valence-corrected chi connectivity index (χ3v) is 8.86. The summed E-state index contributed by atoms with van der Waals surface area (Å²) < 4.78 is 6.24. The summed E-state index contributed by atoms with van der Waals surface area (Å²) in [6, 6.07) is 56.9. The zero-order chi connectivity index (χ0) is 28.3. The standard InChI is InChI=1S/C42H26O/c1-2-11-28(12-3-1)41-33-15-4-6-17-35(33)42(36-18-7-5-16-34(36)41)37-19-10-13-27-21-22-29(25-38(27)37)30-23-24-32-31-14-8-9-20-39(31)43-40(32)26-30/h1-26H. The maximum atomic E-state index is 6.24. The van der Waals surface area contributed by atoms with E-state index in [2.05, 4.69) is 146 Å². The van der Waals surface area contributed by atoms with E-state index >= 15 is 0 Å². The third kappa shape index (κ3) is 3.72. The predicted molar refractivity (Wildman–Crippen MR) is 183 cm³/mol. The third-order valence-electron chi connectivity index (χ3n) is 8.86. The molecular formula is C42H26O. The monoisotopic (exact) mass is 546 g/mol. The molecule has 8 aromatic carbocycles. The fraction of sp³-hybridized carbons (Fsp3) is 0. The molecule has 0 aliphatic rings. The first kappa shape index (κ1) is 24.0. The van der Waals surface area contributed by atoms with Gasteiger partial charge in [0.25, 0.3) is 0 Å². The van der Waals surface area contributed by atoms with E-state index in [0.717, 1.165) is 27.5 Å². The number of rotatable bonds is 3. The summed E-state index contributed by atoms with van der Waals surface area (Å²) in [6.07, 6.45) is 0. The minimum atomic E-state index is 0.917. The van der Waals surface area contributed by atoms with Crippen LogP contribution in [0.15, 0.2) is 162 Å². The van der Waals surface area contributed by atoms with Crippen LogP contribution in [-0.4, -0.2) is 0 Å². The van der Waals surface area contributed by atoms with Crippen molar-refractivity contribution >= 4 is 54.3 Å². The molecule has 0 fully saturated rings. The van der Waals surface area contributed by atoms with Crippen LogP contribution in [0.1, 0.15) is 0 Å². The molecule has 9 aromatic rings. The minimum Gasteiger partial charge on any atom is -0.456 e. The van der Waals surface area contributed by atoms with Crippen molar-refractivity contribution in [2.45, 2.75) is 0 Å². The number of benzene rings is 8. The first-order chi connectivity index (χ1) is 21.3. The van der Waals surface area contributed by atoms with Crippen LogP contribution in [0.3, 0.4) is 0 Å². The Kier molecular flexibility index (Phi) is 5.27. The normalized spacial score (nSPS) is 11.7. The van der Waals surface area contributed by atoms with Gasteiger partial charge in [-0.25, -0.2) is 0 Å².